The summed E-state index contributed by atoms with van der Waals surface area (Å²) in [4.78, 5) is 4.33. The molecule has 0 aromatic carbocycles. The highest BCUT2D eigenvalue weighted by atomic mass is 15.3. The van der Waals surface area contributed by atoms with Crippen molar-refractivity contribution in [2.75, 3.05) is 6.54 Å². The van der Waals surface area contributed by atoms with Gasteiger partial charge >= 0.3 is 0 Å². The van der Waals surface area contributed by atoms with Crippen molar-refractivity contribution in [3.63, 3.8) is 0 Å². The van der Waals surface area contributed by atoms with Gasteiger partial charge in [0.05, 0.1) is 6.20 Å². The van der Waals surface area contributed by atoms with Crippen LogP contribution in [0.4, 0.5) is 0 Å². The molecule has 2 aromatic heterocycles. The molecule has 0 amide bonds. The molecule has 0 aliphatic carbocycles. The molecule has 2 rings (SSSR count). The van der Waals surface area contributed by atoms with Crippen LogP contribution in [0.15, 0.2) is 18.7 Å². The zero-order chi connectivity index (χ0) is 13.0. The summed E-state index contributed by atoms with van der Waals surface area (Å²) in [5, 5.41) is 11.9. The van der Waals surface area contributed by atoms with Crippen molar-refractivity contribution in [3.8, 4) is 0 Å². The molecule has 0 aliphatic rings. The van der Waals surface area contributed by atoms with Gasteiger partial charge in [-0.1, -0.05) is 6.92 Å². The molecular formula is C12H20N6. The number of aromatic nitrogens is 5. The minimum Gasteiger partial charge on any atom is -0.310 e. The van der Waals surface area contributed by atoms with E-state index in [2.05, 4.69) is 34.3 Å². The average Bonchev–Trinajstić information content (AvgIpc) is 2.97. The normalized spacial score (nSPS) is 12.8. The van der Waals surface area contributed by atoms with E-state index in [1.807, 2.05) is 28.8 Å². The predicted molar refractivity (Wildman–Crippen MR) is 69.0 cm³/mol. The fourth-order valence-corrected chi connectivity index (χ4v) is 2.07. The van der Waals surface area contributed by atoms with Crippen LogP contribution in [0.25, 0.3) is 0 Å². The Morgan fingerprint density at radius 3 is 2.78 bits per heavy atom. The maximum atomic E-state index is 4.33. The van der Waals surface area contributed by atoms with E-state index in [4.69, 9.17) is 0 Å². The van der Waals surface area contributed by atoms with Gasteiger partial charge in [-0.2, -0.15) is 10.2 Å². The topological polar surface area (TPSA) is 60.6 Å². The van der Waals surface area contributed by atoms with Crippen molar-refractivity contribution in [2.24, 2.45) is 7.05 Å². The van der Waals surface area contributed by atoms with E-state index in [9.17, 15) is 0 Å². The van der Waals surface area contributed by atoms with E-state index >= 15 is 0 Å². The van der Waals surface area contributed by atoms with Gasteiger partial charge in [0.15, 0.2) is 0 Å². The van der Waals surface area contributed by atoms with Gasteiger partial charge in [-0.3, -0.25) is 9.36 Å². The summed E-state index contributed by atoms with van der Waals surface area (Å²) in [6, 6.07) is 0.234. The zero-order valence-electron chi connectivity index (χ0n) is 11.2. The highest BCUT2D eigenvalue weighted by Gasteiger charge is 2.16. The van der Waals surface area contributed by atoms with Crippen LogP contribution in [0.2, 0.25) is 0 Å². The number of rotatable bonds is 6. The second-order valence-corrected chi connectivity index (χ2v) is 4.25. The van der Waals surface area contributed by atoms with E-state index in [1.54, 1.807) is 6.33 Å². The van der Waals surface area contributed by atoms with Gasteiger partial charge in [0.1, 0.15) is 12.2 Å². The summed E-state index contributed by atoms with van der Waals surface area (Å²) in [5.74, 6) is 1.01. The number of hydrogen-bond donors (Lipinski definition) is 1. The average molecular weight is 248 g/mol. The second kappa shape index (κ2) is 5.77. The quantitative estimate of drug-likeness (QED) is 0.826. The molecule has 0 radical (unpaired) electrons. The molecule has 0 aliphatic heterocycles. The molecule has 2 heterocycles. The summed E-state index contributed by atoms with van der Waals surface area (Å²) >= 11 is 0. The molecule has 0 spiro atoms. The molecule has 0 saturated carbocycles. The fraction of sp³-hybridized carbons (Fsp3) is 0.583. The summed E-state index contributed by atoms with van der Waals surface area (Å²) in [7, 11) is 1.93. The molecule has 0 bridgehead atoms. The summed E-state index contributed by atoms with van der Waals surface area (Å²) < 4.78 is 3.75. The van der Waals surface area contributed by atoms with E-state index in [0.29, 0.717) is 0 Å². The molecule has 6 nitrogen and oxygen atoms in total. The van der Waals surface area contributed by atoms with Crippen LogP contribution >= 0.6 is 0 Å². The molecule has 1 N–H and O–H groups in total. The Labute approximate surface area is 107 Å². The number of likely N-dealkylation sites (N-methyl/N-ethyl adjacent to an activating group) is 1. The Hall–Kier alpha value is -1.69. The van der Waals surface area contributed by atoms with Gasteiger partial charge in [0.25, 0.3) is 0 Å². The Morgan fingerprint density at radius 1 is 1.33 bits per heavy atom. The van der Waals surface area contributed by atoms with Gasteiger partial charge in [-0.15, -0.1) is 0 Å². The molecule has 0 fully saturated rings. The lowest BCUT2D eigenvalue weighted by Gasteiger charge is -2.16. The molecule has 2 aromatic rings. The van der Waals surface area contributed by atoms with Crippen LogP contribution in [0.3, 0.4) is 0 Å². The maximum Gasteiger partial charge on any atom is 0.138 e. The summed E-state index contributed by atoms with van der Waals surface area (Å²) in [5.41, 5.74) is 1.19. The van der Waals surface area contributed by atoms with Crippen molar-refractivity contribution >= 4 is 0 Å². The zero-order valence-corrected chi connectivity index (χ0v) is 11.2. The highest BCUT2D eigenvalue weighted by Crippen LogP contribution is 2.16. The lowest BCUT2D eigenvalue weighted by Crippen LogP contribution is -2.24. The van der Waals surface area contributed by atoms with E-state index in [-0.39, 0.29) is 6.04 Å². The smallest absolute Gasteiger partial charge is 0.138 e. The third-order valence-electron chi connectivity index (χ3n) is 2.96. The molecular weight excluding hydrogens is 228 g/mol. The maximum absolute atomic E-state index is 4.33. The van der Waals surface area contributed by atoms with E-state index in [1.165, 1.54) is 5.56 Å². The summed E-state index contributed by atoms with van der Waals surface area (Å²) in [6.45, 7) is 5.94. The number of aryl methyl sites for hydroxylation is 2. The van der Waals surface area contributed by atoms with Gasteiger partial charge < -0.3 is 5.32 Å². The number of hydrogen-bond acceptors (Lipinski definition) is 4. The highest BCUT2D eigenvalue weighted by molar-refractivity contribution is 5.12. The molecule has 98 valence electrons. The lowest BCUT2D eigenvalue weighted by molar-refractivity contribution is 0.509. The van der Waals surface area contributed by atoms with Crippen LogP contribution in [0, 0.1) is 0 Å². The second-order valence-electron chi connectivity index (χ2n) is 4.25. The lowest BCUT2D eigenvalue weighted by atomic mass is 10.1. The van der Waals surface area contributed by atoms with Crippen LogP contribution < -0.4 is 5.32 Å². The first-order chi connectivity index (χ1) is 8.74. The van der Waals surface area contributed by atoms with Gasteiger partial charge in [-0.05, 0) is 13.5 Å². The van der Waals surface area contributed by atoms with Crippen LogP contribution in [0.5, 0.6) is 0 Å². The van der Waals surface area contributed by atoms with Crippen LogP contribution in [-0.4, -0.2) is 31.1 Å². The molecule has 18 heavy (non-hydrogen) atoms. The van der Waals surface area contributed by atoms with E-state index in [0.717, 1.165) is 25.3 Å². The minimum absolute atomic E-state index is 0.234. The standard InChI is InChI=1S/C12H20N6/c1-4-13-11(10-7-15-17(3)8-10)6-12-14-9-16-18(12)5-2/h7-9,11,13H,4-6H2,1-3H3. The van der Waals surface area contributed by atoms with Crippen molar-refractivity contribution in [1.82, 2.24) is 29.9 Å². The first kappa shape index (κ1) is 12.8. The summed E-state index contributed by atoms with van der Waals surface area (Å²) in [6.07, 6.45) is 6.39. The fourth-order valence-electron chi connectivity index (χ4n) is 2.07. The van der Waals surface area contributed by atoms with Crippen molar-refractivity contribution in [1.29, 1.82) is 0 Å². The Kier molecular flexibility index (Phi) is 4.09. The molecule has 1 unspecified atom stereocenters. The molecule has 0 saturated heterocycles. The van der Waals surface area contributed by atoms with Crippen molar-refractivity contribution in [2.45, 2.75) is 32.9 Å². The Balaban J connectivity index is 2.16. The number of nitrogens with zero attached hydrogens (tertiary/aromatic N) is 5. The van der Waals surface area contributed by atoms with Gasteiger partial charge in [0, 0.05) is 37.8 Å². The third kappa shape index (κ3) is 2.76. The monoisotopic (exact) mass is 248 g/mol. The molecule has 1 atom stereocenters. The van der Waals surface area contributed by atoms with Gasteiger partial charge in [-0.25, -0.2) is 4.98 Å². The van der Waals surface area contributed by atoms with Crippen molar-refractivity contribution < 1.29 is 0 Å². The predicted octanol–water partition coefficient (Wildman–Crippen LogP) is 0.925. The van der Waals surface area contributed by atoms with Crippen LogP contribution in [-0.2, 0) is 20.0 Å². The first-order valence-corrected chi connectivity index (χ1v) is 6.33. The minimum atomic E-state index is 0.234. The SMILES string of the molecule is CCNC(Cc1ncnn1CC)c1cnn(C)c1. The van der Waals surface area contributed by atoms with Crippen LogP contribution in [0.1, 0.15) is 31.3 Å². The Morgan fingerprint density at radius 2 is 2.17 bits per heavy atom. The third-order valence-corrected chi connectivity index (χ3v) is 2.96. The largest absolute Gasteiger partial charge is 0.310 e. The van der Waals surface area contributed by atoms with Crippen molar-refractivity contribution in [3.05, 3.63) is 30.1 Å². The van der Waals surface area contributed by atoms with E-state index < -0.39 is 0 Å². The number of nitrogens with one attached hydrogen (secondary N) is 1. The molecule has 6 heteroatoms. The Bertz CT molecular complexity index is 486. The van der Waals surface area contributed by atoms with Gasteiger partial charge in [0.2, 0.25) is 0 Å². The first-order valence-electron chi connectivity index (χ1n) is 6.33.